The first-order valence-electron chi connectivity index (χ1n) is 6.18. The zero-order chi connectivity index (χ0) is 14.5. The lowest BCUT2D eigenvalue weighted by Crippen LogP contribution is -1.96. The maximum absolute atomic E-state index is 10.7. The topological polar surface area (TPSA) is 79.0 Å². The molecule has 0 aliphatic rings. The summed E-state index contributed by atoms with van der Waals surface area (Å²) < 4.78 is 0. The van der Waals surface area contributed by atoms with Crippen LogP contribution in [-0.2, 0) is 6.42 Å². The fourth-order valence-corrected chi connectivity index (χ4v) is 1.83. The van der Waals surface area contributed by atoms with Gasteiger partial charge in [-0.2, -0.15) is 5.26 Å². The molecule has 20 heavy (non-hydrogen) atoms. The minimum atomic E-state index is -0.513. The molecule has 0 radical (unpaired) electrons. The minimum absolute atomic E-state index is 0.0894. The molecule has 0 saturated heterocycles. The predicted octanol–water partition coefficient (Wildman–Crippen LogP) is 3.77. The maximum atomic E-state index is 10.7. The van der Waals surface area contributed by atoms with E-state index in [1.807, 2.05) is 30.3 Å². The molecule has 0 aliphatic carbocycles. The van der Waals surface area contributed by atoms with Crippen LogP contribution in [0.4, 0.5) is 17.1 Å². The van der Waals surface area contributed by atoms with Crippen molar-refractivity contribution in [3.8, 4) is 6.07 Å². The number of non-ortho nitro benzene ring substituents is 1. The van der Waals surface area contributed by atoms with Crippen LogP contribution >= 0.6 is 0 Å². The van der Waals surface area contributed by atoms with Crippen LogP contribution in [0.3, 0.4) is 0 Å². The maximum Gasteiger partial charge on any atom is 0.270 e. The summed E-state index contributed by atoms with van der Waals surface area (Å²) in [5.41, 5.74) is 2.78. The highest BCUT2D eigenvalue weighted by Crippen LogP contribution is 2.25. The molecule has 0 saturated carbocycles. The number of nitrogens with one attached hydrogen (secondary N) is 1. The lowest BCUT2D eigenvalue weighted by atomic mass is 10.1. The van der Waals surface area contributed by atoms with Gasteiger partial charge >= 0.3 is 0 Å². The molecular weight excluding hydrogens is 254 g/mol. The normalized spacial score (nSPS) is 9.80. The number of nitrogens with zero attached hydrogens (tertiary/aromatic N) is 2. The molecule has 0 fully saturated rings. The van der Waals surface area contributed by atoms with Gasteiger partial charge in [0.15, 0.2) is 0 Å². The molecule has 2 aromatic carbocycles. The lowest BCUT2D eigenvalue weighted by Gasteiger charge is -2.08. The van der Waals surface area contributed by atoms with Gasteiger partial charge in [0.1, 0.15) is 6.07 Å². The van der Waals surface area contributed by atoms with Crippen LogP contribution in [0.2, 0.25) is 0 Å². The largest absolute Gasteiger partial charge is 0.354 e. The number of benzene rings is 2. The van der Waals surface area contributed by atoms with Gasteiger partial charge in [-0.3, -0.25) is 10.1 Å². The highest BCUT2D eigenvalue weighted by molar-refractivity contribution is 5.68. The Morgan fingerprint density at radius 3 is 2.50 bits per heavy atom. The van der Waals surface area contributed by atoms with Gasteiger partial charge in [-0.15, -0.1) is 0 Å². The number of aryl methyl sites for hydroxylation is 1. The average molecular weight is 267 g/mol. The molecule has 2 rings (SSSR count). The summed E-state index contributed by atoms with van der Waals surface area (Å²) in [6.45, 7) is 2.08. The van der Waals surface area contributed by atoms with E-state index in [9.17, 15) is 10.1 Å². The number of hydrogen-bond acceptors (Lipinski definition) is 4. The second-order valence-corrected chi connectivity index (χ2v) is 4.27. The van der Waals surface area contributed by atoms with Gasteiger partial charge < -0.3 is 5.32 Å². The van der Waals surface area contributed by atoms with E-state index < -0.39 is 4.92 Å². The highest BCUT2D eigenvalue weighted by atomic mass is 16.6. The second-order valence-electron chi connectivity index (χ2n) is 4.27. The van der Waals surface area contributed by atoms with Gasteiger partial charge in [0, 0.05) is 17.8 Å². The number of hydrogen-bond donors (Lipinski definition) is 1. The summed E-state index contributed by atoms with van der Waals surface area (Å²) in [6, 6.07) is 14.0. The molecule has 0 bridgehead atoms. The minimum Gasteiger partial charge on any atom is -0.354 e. The Balaban J connectivity index is 2.28. The monoisotopic (exact) mass is 267 g/mol. The third kappa shape index (κ3) is 2.93. The SMILES string of the molecule is CCc1ccc(Nc2ccc([N+](=O)[O-])cc2C#N)cc1. The number of nitro benzene ring substituents is 1. The van der Waals surface area contributed by atoms with Gasteiger partial charge in [-0.25, -0.2) is 0 Å². The molecule has 5 nitrogen and oxygen atoms in total. The zero-order valence-corrected chi connectivity index (χ0v) is 11.0. The van der Waals surface area contributed by atoms with E-state index in [0.29, 0.717) is 5.69 Å². The third-order valence-electron chi connectivity index (χ3n) is 2.98. The van der Waals surface area contributed by atoms with E-state index in [1.54, 1.807) is 6.07 Å². The standard InChI is InChI=1S/C15H13N3O2/c1-2-11-3-5-13(6-4-11)17-15-8-7-14(18(19)20)9-12(15)10-16/h3-9,17H,2H2,1H3. The van der Waals surface area contributed by atoms with Crippen LogP contribution < -0.4 is 5.32 Å². The molecular formula is C15H13N3O2. The van der Waals surface area contributed by atoms with Gasteiger partial charge in [-0.05, 0) is 30.2 Å². The third-order valence-corrected chi connectivity index (χ3v) is 2.98. The van der Waals surface area contributed by atoms with Crippen molar-refractivity contribution in [3.63, 3.8) is 0 Å². The molecule has 0 atom stereocenters. The van der Waals surface area contributed by atoms with Crippen molar-refractivity contribution < 1.29 is 4.92 Å². The Bertz CT molecular complexity index is 673. The van der Waals surface area contributed by atoms with Crippen molar-refractivity contribution >= 4 is 17.1 Å². The Hall–Kier alpha value is -2.87. The van der Waals surface area contributed by atoms with Crippen LogP contribution in [0.25, 0.3) is 0 Å². The molecule has 0 heterocycles. The molecule has 0 spiro atoms. The molecule has 0 aromatic heterocycles. The second kappa shape index (κ2) is 5.85. The zero-order valence-electron chi connectivity index (χ0n) is 11.0. The van der Waals surface area contributed by atoms with E-state index >= 15 is 0 Å². The molecule has 0 amide bonds. The van der Waals surface area contributed by atoms with Crippen LogP contribution in [0.5, 0.6) is 0 Å². The van der Waals surface area contributed by atoms with Gasteiger partial charge in [0.05, 0.1) is 16.2 Å². The molecule has 5 heteroatoms. The fraction of sp³-hybridized carbons (Fsp3) is 0.133. The van der Waals surface area contributed by atoms with E-state index in [4.69, 9.17) is 5.26 Å². The molecule has 0 aliphatic heterocycles. The van der Waals surface area contributed by atoms with Crippen molar-refractivity contribution in [1.82, 2.24) is 0 Å². The van der Waals surface area contributed by atoms with Gasteiger partial charge in [-0.1, -0.05) is 19.1 Å². The lowest BCUT2D eigenvalue weighted by molar-refractivity contribution is -0.384. The average Bonchev–Trinajstić information content (AvgIpc) is 2.48. The summed E-state index contributed by atoms with van der Waals surface area (Å²) in [5, 5.41) is 22.9. The van der Waals surface area contributed by atoms with Crippen LogP contribution in [0.1, 0.15) is 18.1 Å². The van der Waals surface area contributed by atoms with Crippen LogP contribution in [0, 0.1) is 21.4 Å². The Morgan fingerprint density at radius 1 is 1.25 bits per heavy atom. The number of nitriles is 1. The Labute approximate surface area is 116 Å². The van der Waals surface area contributed by atoms with E-state index in [2.05, 4.69) is 12.2 Å². The number of rotatable bonds is 4. The Morgan fingerprint density at radius 2 is 1.95 bits per heavy atom. The van der Waals surface area contributed by atoms with Gasteiger partial charge in [0.25, 0.3) is 5.69 Å². The fourth-order valence-electron chi connectivity index (χ4n) is 1.83. The quantitative estimate of drug-likeness (QED) is 0.675. The summed E-state index contributed by atoms with van der Waals surface area (Å²) in [5.74, 6) is 0. The van der Waals surface area contributed by atoms with Crippen LogP contribution in [0.15, 0.2) is 42.5 Å². The van der Waals surface area contributed by atoms with Crippen molar-refractivity contribution in [2.24, 2.45) is 0 Å². The van der Waals surface area contributed by atoms with Crippen molar-refractivity contribution in [2.45, 2.75) is 13.3 Å². The molecule has 0 unspecified atom stereocenters. The first-order valence-corrected chi connectivity index (χ1v) is 6.18. The first kappa shape index (κ1) is 13.6. The molecule has 1 N–H and O–H groups in total. The van der Waals surface area contributed by atoms with Crippen molar-refractivity contribution in [2.75, 3.05) is 5.32 Å². The van der Waals surface area contributed by atoms with Crippen molar-refractivity contribution in [1.29, 1.82) is 5.26 Å². The molecule has 2 aromatic rings. The molecule has 100 valence electrons. The van der Waals surface area contributed by atoms with Crippen molar-refractivity contribution in [3.05, 3.63) is 63.7 Å². The summed E-state index contributed by atoms with van der Waals surface area (Å²) in [6.07, 6.45) is 0.960. The van der Waals surface area contributed by atoms with E-state index in [0.717, 1.165) is 12.1 Å². The van der Waals surface area contributed by atoms with Gasteiger partial charge in [0.2, 0.25) is 0 Å². The summed E-state index contributed by atoms with van der Waals surface area (Å²) in [7, 11) is 0. The summed E-state index contributed by atoms with van der Waals surface area (Å²) >= 11 is 0. The van der Waals surface area contributed by atoms with Crippen LogP contribution in [-0.4, -0.2) is 4.92 Å². The smallest absolute Gasteiger partial charge is 0.270 e. The van der Waals surface area contributed by atoms with E-state index in [-0.39, 0.29) is 11.3 Å². The number of nitro groups is 1. The van der Waals surface area contributed by atoms with E-state index in [1.165, 1.54) is 17.7 Å². The Kier molecular flexibility index (Phi) is 3.96. The highest BCUT2D eigenvalue weighted by Gasteiger charge is 2.10. The predicted molar refractivity (Wildman–Crippen MR) is 76.9 cm³/mol. The number of anilines is 2. The summed E-state index contributed by atoms with van der Waals surface area (Å²) in [4.78, 5) is 10.2. The first-order chi connectivity index (χ1) is 9.63.